The first-order valence-electron chi connectivity index (χ1n) is 5.91. The maximum atomic E-state index is 12.5. The van der Waals surface area contributed by atoms with Crippen molar-refractivity contribution in [3.63, 3.8) is 0 Å². The lowest BCUT2D eigenvalue weighted by atomic mass is 10.0. The fraction of sp³-hybridized carbons (Fsp3) is 0.545. The van der Waals surface area contributed by atoms with Crippen molar-refractivity contribution in [2.45, 2.75) is 36.7 Å². The van der Waals surface area contributed by atoms with Gasteiger partial charge in [-0.25, -0.2) is 8.42 Å². The molecule has 5 nitrogen and oxygen atoms in total. The molecule has 10 heteroatoms. The molecule has 0 spiro atoms. The van der Waals surface area contributed by atoms with E-state index in [9.17, 15) is 26.4 Å². The molecule has 2 atom stereocenters. The number of alkyl halides is 3. The Morgan fingerprint density at radius 2 is 2.00 bits per heavy atom. The molecule has 0 aliphatic rings. The summed E-state index contributed by atoms with van der Waals surface area (Å²) in [5.41, 5.74) is 0. The summed E-state index contributed by atoms with van der Waals surface area (Å²) in [5.74, 6) is -1.88. The Morgan fingerprint density at radius 3 is 2.38 bits per heavy atom. The Bertz CT molecular complexity index is 609. The molecule has 1 rings (SSSR count). The molecule has 0 bridgehead atoms. The Kier molecular flexibility index (Phi) is 5.40. The maximum Gasteiger partial charge on any atom is 0.425 e. The zero-order valence-electron chi connectivity index (χ0n) is 11.1. The van der Waals surface area contributed by atoms with E-state index in [4.69, 9.17) is 5.11 Å². The van der Waals surface area contributed by atoms with Crippen LogP contribution in [-0.4, -0.2) is 25.5 Å². The van der Waals surface area contributed by atoms with E-state index in [0.29, 0.717) is 12.5 Å². The molecule has 21 heavy (non-hydrogen) atoms. The molecule has 0 saturated heterocycles. The van der Waals surface area contributed by atoms with Crippen molar-refractivity contribution in [1.29, 1.82) is 0 Å². The smallest absolute Gasteiger partial charge is 0.425 e. The molecular weight excluding hydrogens is 331 g/mol. The van der Waals surface area contributed by atoms with Crippen molar-refractivity contribution >= 4 is 27.3 Å². The first-order chi connectivity index (χ1) is 9.49. The second kappa shape index (κ2) is 6.32. The number of carboxylic acid groups (broad SMARTS) is 1. The van der Waals surface area contributed by atoms with Gasteiger partial charge in [0.25, 0.3) is 10.0 Å². The standard InChI is InChI=1S/C11H14F3NO4S2/c1-3-6(2)9(10(16)17)15-21(18,19)8-5-4-7(20-8)11(12,13)14/h4-6,9,15H,3H2,1-2H3,(H,16,17)/t6-,9-/m0/s1. The largest absolute Gasteiger partial charge is 0.480 e. The van der Waals surface area contributed by atoms with Crippen LogP contribution in [0.2, 0.25) is 0 Å². The van der Waals surface area contributed by atoms with E-state index < -0.39 is 43.2 Å². The molecule has 0 amide bonds. The molecule has 0 unspecified atom stereocenters. The third kappa shape index (κ3) is 4.42. The number of halogens is 3. The van der Waals surface area contributed by atoms with Crippen LogP contribution in [0.1, 0.15) is 25.1 Å². The van der Waals surface area contributed by atoms with Gasteiger partial charge in [0.15, 0.2) is 0 Å². The molecule has 2 N–H and O–H groups in total. The molecule has 120 valence electrons. The van der Waals surface area contributed by atoms with Crippen molar-refractivity contribution in [3.05, 3.63) is 17.0 Å². The molecule has 1 aromatic heterocycles. The quantitative estimate of drug-likeness (QED) is 0.830. The molecule has 0 aliphatic heterocycles. The summed E-state index contributed by atoms with van der Waals surface area (Å²) in [6.45, 7) is 3.22. The zero-order chi connectivity index (χ0) is 16.4. The van der Waals surface area contributed by atoms with E-state index in [1.165, 1.54) is 6.92 Å². The molecule has 0 aliphatic carbocycles. The highest BCUT2D eigenvalue weighted by molar-refractivity contribution is 7.91. The van der Waals surface area contributed by atoms with Crippen LogP contribution < -0.4 is 4.72 Å². The SMILES string of the molecule is CC[C@H](C)[C@H](NS(=O)(=O)c1ccc(C(F)(F)F)s1)C(=O)O. The average Bonchev–Trinajstić information content (AvgIpc) is 2.84. The highest BCUT2D eigenvalue weighted by Gasteiger charge is 2.35. The van der Waals surface area contributed by atoms with Gasteiger partial charge in [-0.3, -0.25) is 4.79 Å². The number of carbonyl (C=O) groups is 1. The topological polar surface area (TPSA) is 83.5 Å². The van der Waals surface area contributed by atoms with Crippen LogP contribution in [0.4, 0.5) is 13.2 Å². The van der Waals surface area contributed by atoms with Gasteiger partial charge in [0.1, 0.15) is 15.1 Å². The number of hydrogen-bond acceptors (Lipinski definition) is 4. The fourth-order valence-electron chi connectivity index (χ4n) is 1.49. The Hall–Kier alpha value is -1.13. The number of aliphatic carboxylic acids is 1. The van der Waals surface area contributed by atoms with Crippen molar-refractivity contribution < 1.29 is 31.5 Å². The second-order valence-electron chi connectivity index (χ2n) is 4.44. The molecule has 1 aromatic rings. The van der Waals surface area contributed by atoms with Crippen molar-refractivity contribution in [3.8, 4) is 0 Å². The Balaban J connectivity index is 3.05. The lowest BCUT2D eigenvalue weighted by molar-refractivity contribution is -0.140. The summed E-state index contributed by atoms with van der Waals surface area (Å²) in [6, 6.07) is 0.0697. The average molecular weight is 345 g/mol. The summed E-state index contributed by atoms with van der Waals surface area (Å²) in [6.07, 6.45) is -4.24. The third-order valence-electron chi connectivity index (χ3n) is 2.89. The number of carboxylic acids is 1. The summed E-state index contributed by atoms with van der Waals surface area (Å²) >= 11 is 0.0514. The molecule has 0 radical (unpaired) electrons. The summed E-state index contributed by atoms with van der Waals surface area (Å²) < 4.78 is 62.7. The zero-order valence-corrected chi connectivity index (χ0v) is 12.8. The van der Waals surface area contributed by atoms with Gasteiger partial charge in [0.05, 0.1) is 0 Å². The number of thiophene rings is 1. The van der Waals surface area contributed by atoms with Crippen LogP contribution in [0.5, 0.6) is 0 Å². The van der Waals surface area contributed by atoms with E-state index in [2.05, 4.69) is 0 Å². The number of nitrogens with one attached hydrogen (secondary N) is 1. The minimum absolute atomic E-state index is 0.0514. The third-order valence-corrected chi connectivity index (χ3v) is 5.95. The van der Waals surface area contributed by atoms with Gasteiger partial charge in [-0.05, 0) is 18.1 Å². The predicted molar refractivity (Wildman–Crippen MR) is 70.5 cm³/mol. The normalized spacial score (nSPS) is 15.7. The lowest BCUT2D eigenvalue weighted by Crippen LogP contribution is -2.44. The van der Waals surface area contributed by atoms with Gasteiger partial charge < -0.3 is 5.11 Å². The Labute approximate surface area is 123 Å². The van der Waals surface area contributed by atoms with Gasteiger partial charge in [0.2, 0.25) is 0 Å². The maximum absolute atomic E-state index is 12.5. The molecular formula is C11H14F3NO4S2. The molecule has 0 aromatic carbocycles. The van der Waals surface area contributed by atoms with Crippen molar-refractivity contribution in [2.24, 2.45) is 5.92 Å². The number of rotatable bonds is 6. The van der Waals surface area contributed by atoms with Gasteiger partial charge in [-0.1, -0.05) is 20.3 Å². The van der Waals surface area contributed by atoms with Crippen LogP contribution in [0, 0.1) is 5.92 Å². The monoisotopic (exact) mass is 345 g/mol. The van der Waals surface area contributed by atoms with E-state index in [0.717, 1.165) is 6.07 Å². The van der Waals surface area contributed by atoms with Crippen LogP contribution in [-0.2, 0) is 21.0 Å². The summed E-state index contributed by atoms with van der Waals surface area (Å²) in [4.78, 5) is 10.0. The van der Waals surface area contributed by atoms with Crippen LogP contribution in [0.15, 0.2) is 16.3 Å². The van der Waals surface area contributed by atoms with E-state index in [-0.39, 0.29) is 11.3 Å². The van der Waals surface area contributed by atoms with Crippen LogP contribution >= 0.6 is 11.3 Å². The predicted octanol–water partition coefficient (Wildman–Crippen LogP) is 2.54. The summed E-state index contributed by atoms with van der Waals surface area (Å²) in [7, 11) is -4.31. The fourth-order valence-corrected chi connectivity index (χ4v) is 3.98. The minimum Gasteiger partial charge on any atom is -0.480 e. The van der Waals surface area contributed by atoms with Gasteiger partial charge in [-0.15, -0.1) is 11.3 Å². The lowest BCUT2D eigenvalue weighted by Gasteiger charge is -2.19. The first-order valence-corrected chi connectivity index (χ1v) is 8.21. The first kappa shape index (κ1) is 17.9. The minimum atomic E-state index is -4.64. The number of sulfonamides is 1. The highest BCUT2D eigenvalue weighted by atomic mass is 32.2. The van der Waals surface area contributed by atoms with Crippen molar-refractivity contribution in [2.75, 3.05) is 0 Å². The van der Waals surface area contributed by atoms with E-state index in [1.54, 1.807) is 6.92 Å². The van der Waals surface area contributed by atoms with E-state index >= 15 is 0 Å². The van der Waals surface area contributed by atoms with Gasteiger partial charge in [-0.2, -0.15) is 17.9 Å². The van der Waals surface area contributed by atoms with Gasteiger partial charge >= 0.3 is 12.1 Å². The number of hydrogen-bond donors (Lipinski definition) is 2. The van der Waals surface area contributed by atoms with Crippen LogP contribution in [0.3, 0.4) is 0 Å². The summed E-state index contributed by atoms with van der Waals surface area (Å²) in [5, 5.41) is 9.02. The molecule has 0 fully saturated rings. The van der Waals surface area contributed by atoms with Gasteiger partial charge in [0, 0.05) is 0 Å². The molecule has 0 saturated carbocycles. The molecule has 1 heterocycles. The second-order valence-corrected chi connectivity index (χ2v) is 7.46. The van der Waals surface area contributed by atoms with Crippen LogP contribution in [0.25, 0.3) is 0 Å². The van der Waals surface area contributed by atoms with E-state index in [1.807, 2.05) is 4.72 Å². The van der Waals surface area contributed by atoms with Crippen molar-refractivity contribution in [1.82, 2.24) is 4.72 Å². The highest BCUT2D eigenvalue weighted by Crippen LogP contribution is 2.36. The Morgan fingerprint density at radius 1 is 1.43 bits per heavy atom.